The molecule has 0 saturated carbocycles. The number of carbonyl (C=O) groups excluding carboxylic acids is 4. The number of nitrogens with zero attached hydrogens (tertiary/aromatic N) is 4. The molecule has 0 radical (unpaired) electrons. The summed E-state index contributed by atoms with van der Waals surface area (Å²) in [5.74, 6) is -1.19. The third-order valence-electron chi connectivity index (χ3n) is 5.21. The van der Waals surface area contributed by atoms with Gasteiger partial charge in [-0.25, -0.2) is 9.59 Å². The summed E-state index contributed by atoms with van der Waals surface area (Å²) >= 11 is 0. The Hall–Kier alpha value is -3.89. The third kappa shape index (κ3) is 6.55. The summed E-state index contributed by atoms with van der Waals surface area (Å²) in [6, 6.07) is 8.05. The van der Waals surface area contributed by atoms with Crippen LogP contribution in [0.1, 0.15) is 18.4 Å². The maximum atomic E-state index is 12.6. The smallest absolute Gasteiger partial charge is 0.408 e. The molecule has 1 N–H and O–H groups in total. The molecule has 11 heteroatoms. The number of hydrogen-bond donors (Lipinski definition) is 1. The molecular formula is C22H27N5O6. The van der Waals surface area contributed by atoms with E-state index in [2.05, 4.69) is 10.4 Å². The van der Waals surface area contributed by atoms with E-state index in [-0.39, 0.29) is 37.8 Å². The normalized spacial score (nSPS) is 14.5. The first-order valence-corrected chi connectivity index (χ1v) is 10.5. The molecule has 0 aliphatic carbocycles. The topological polar surface area (TPSA) is 123 Å². The van der Waals surface area contributed by atoms with Gasteiger partial charge in [-0.2, -0.15) is 5.10 Å². The number of nitrogens with one attached hydrogen (secondary N) is 1. The van der Waals surface area contributed by atoms with E-state index in [1.54, 1.807) is 41.2 Å². The van der Waals surface area contributed by atoms with Crippen molar-refractivity contribution in [2.24, 2.45) is 7.05 Å². The Labute approximate surface area is 191 Å². The van der Waals surface area contributed by atoms with Gasteiger partial charge < -0.3 is 24.6 Å². The first kappa shape index (κ1) is 23.8. The predicted molar refractivity (Wildman–Crippen MR) is 117 cm³/mol. The van der Waals surface area contributed by atoms with E-state index in [9.17, 15) is 19.2 Å². The molecule has 0 spiro atoms. The van der Waals surface area contributed by atoms with Crippen molar-refractivity contribution >= 4 is 29.6 Å². The number of aromatic nitrogens is 2. The molecule has 2 aromatic rings. The van der Waals surface area contributed by atoms with Crippen molar-refractivity contribution in [3.63, 3.8) is 0 Å². The number of benzene rings is 1. The van der Waals surface area contributed by atoms with Gasteiger partial charge in [-0.05, 0) is 12.0 Å². The zero-order valence-electron chi connectivity index (χ0n) is 18.6. The average molecular weight is 457 g/mol. The number of aryl methyl sites for hydroxylation is 1. The van der Waals surface area contributed by atoms with Crippen molar-refractivity contribution in [2.75, 3.05) is 31.6 Å². The van der Waals surface area contributed by atoms with E-state index in [1.165, 1.54) is 12.0 Å². The lowest BCUT2D eigenvalue weighted by atomic mass is 10.1. The first-order valence-electron chi connectivity index (χ1n) is 10.5. The standard InChI is InChI=1S/C22H27N5O6/c1-25-13-17(12-23-25)27-11-10-26(14-20(27)29)19(28)9-8-18(21(30)32-2)24-22(31)33-15-16-6-4-3-5-7-16/h3-7,12-13,18H,8-11,14-15H2,1-2H3,(H,24,31)/t18-/m0/s1. The van der Waals surface area contributed by atoms with E-state index >= 15 is 0 Å². The minimum atomic E-state index is -1.05. The molecule has 1 aliphatic heterocycles. The number of rotatable bonds is 8. The molecule has 0 bridgehead atoms. The lowest BCUT2D eigenvalue weighted by molar-refractivity contribution is -0.143. The minimum absolute atomic E-state index is 0.0168. The number of carbonyl (C=O) groups is 4. The van der Waals surface area contributed by atoms with Crippen molar-refractivity contribution in [3.05, 3.63) is 48.3 Å². The molecule has 1 fully saturated rings. The fourth-order valence-electron chi connectivity index (χ4n) is 3.43. The van der Waals surface area contributed by atoms with Crippen LogP contribution in [-0.2, 0) is 37.5 Å². The van der Waals surface area contributed by atoms with Crippen molar-refractivity contribution in [1.82, 2.24) is 20.0 Å². The highest BCUT2D eigenvalue weighted by Gasteiger charge is 2.30. The Bertz CT molecular complexity index is 992. The van der Waals surface area contributed by atoms with Crippen molar-refractivity contribution in [3.8, 4) is 0 Å². The van der Waals surface area contributed by atoms with Crippen LogP contribution in [0.2, 0.25) is 0 Å². The van der Waals surface area contributed by atoms with Crippen LogP contribution in [0.3, 0.4) is 0 Å². The summed E-state index contributed by atoms with van der Waals surface area (Å²) in [7, 11) is 2.96. The van der Waals surface area contributed by atoms with Crippen LogP contribution in [0.4, 0.5) is 10.5 Å². The Morgan fingerprint density at radius 1 is 1.18 bits per heavy atom. The van der Waals surface area contributed by atoms with Gasteiger partial charge >= 0.3 is 12.1 Å². The molecule has 0 unspecified atom stereocenters. The maximum absolute atomic E-state index is 12.6. The first-order chi connectivity index (χ1) is 15.9. The number of anilines is 1. The van der Waals surface area contributed by atoms with E-state index in [0.717, 1.165) is 5.56 Å². The second kappa shape index (κ2) is 11.1. The molecule has 1 aliphatic rings. The number of piperazine rings is 1. The molecule has 176 valence electrons. The third-order valence-corrected chi connectivity index (χ3v) is 5.21. The van der Waals surface area contributed by atoms with Crippen LogP contribution in [-0.4, -0.2) is 71.3 Å². The van der Waals surface area contributed by atoms with E-state index in [4.69, 9.17) is 9.47 Å². The fourth-order valence-corrected chi connectivity index (χ4v) is 3.43. The van der Waals surface area contributed by atoms with Gasteiger partial charge in [0, 0.05) is 32.8 Å². The average Bonchev–Trinajstić information content (AvgIpc) is 3.26. The van der Waals surface area contributed by atoms with Crippen LogP contribution >= 0.6 is 0 Å². The molecule has 3 rings (SSSR count). The predicted octanol–water partition coefficient (Wildman–Crippen LogP) is 0.844. The Morgan fingerprint density at radius 2 is 1.94 bits per heavy atom. The van der Waals surface area contributed by atoms with Gasteiger partial charge in [0.2, 0.25) is 11.8 Å². The molecule has 33 heavy (non-hydrogen) atoms. The summed E-state index contributed by atoms with van der Waals surface area (Å²) in [5, 5.41) is 6.51. The van der Waals surface area contributed by atoms with Gasteiger partial charge in [0.1, 0.15) is 19.2 Å². The van der Waals surface area contributed by atoms with Crippen molar-refractivity contribution < 1.29 is 28.7 Å². The summed E-state index contributed by atoms with van der Waals surface area (Å²) in [5.41, 5.74) is 1.48. The highest BCUT2D eigenvalue weighted by atomic mass is 16.6. The zero-order valence-corrected chi connectivity index (χ0v) is 18.6. The minimum Gasteiger partial charge on any atom is -0.467 e. The van der Waals surface area contributed by atoms with Gasteiger partial charge in [0.15, 0.2) is 0 Å². The van der Waals surface area contributed by atoms with Gasteiger partial charge in [-0.3, -0.25) is 14.3 Å². The maximum Gasteiger partial charge on any atom is 0.408 e. The molecule has 2 heterocycles. The second-order valence-corrected chi connectivity index (χ2v) is 7.55. The van der Waals surface area contributed by atoms with Gasteiger partial charge in [-0.15, -0.1) is 0 Å². The summed E-state index contributed by atoms with van der Waals surface area (Å²) < 4.78 is 11.5. The lowest BCUT2D eigenvalue weighted by Crippen LogP contribution is -2.52. The van der Waals surface area contributed by atoms with E-state index in [0.29, 0.717) is 18.8 Å². The number of ether oxygens (including phenoxy) is 2. The van der Waals surface area contributed by atoms with Gasteiger partial charge in [0.05, 0.1) is 19.0 Å². The highest BCUT2D eigenvalue weighted by Crippen LogP contribution is 2.17. The van der Waals surface area contributed by atoms with E-state index in [1.807, 2.05) is 18.2 Å². The number of esters is 1. The zero-order chi connectivity index (χ0) is 23.8. The van der Waals surface area contributed by atoms with Crippen molar-refractivity contribution in [2.45, 2.75) is 25.5 Å². The molecular weight excluding hydrogens is 430 g/mol. The highest BCUT2D eigenvalue weighted by molar-refractivity contribution is 5.97. The van der Waals surface area contributed by atoms with Gasteiger partial charge in [-0.1, -0.05) is 30.3 Å². The monoisotopic (exact) mass is 457 g/mol. The van der Waals surface area contributed by atoms with Crippen LogP contribution in [0.25, 0.3) is 0 Å². The molecule has 1 aromatic carbocycles. The summed E-state index contributed by atoms with van der Waals surface area (Å²) in [4.78, 5) is 52.4. The van der Waals surface area contributed by atoms with Gasteiger partial charge in [0.25, 0.3) is 0 Å². The SMILES string of the molecule is COC(=O)[C@H](CCC(=O)N1CCN(c2cnn(C)c2)C(=O)C1)NC(=O)OCc1ccccc1. The van der Waals surface area contributed by atoms with Crippen LogP contribution in [0.15, 0.2) is 42.7 Å². The van der Waals surface area contributed by atoms with Crippen LogP contribution < -0.4 is 10.2 Å². The van der Waals surface area contributed by atoms with Crippen LogP contribution in [0.5, 0.6) is 0 Å². The molecule has 1 atom stereocenters. The number of amides is 3. The Morgan fingerprint density at radius 3 is 2.58 bits per heavy atom. The number of hydrogen-bond acceptors (Lipinski definition) is 7. The Kier molecular flexibility index (Phi) is 8.01. The second-order valence-electron chi connectivity index (χ2n) is 7.55. The number of alkyl carbamates (subject to hydrolysis) is 1. The molecule has 1 saturated heterocycles. The summed E-state index contributed by atoms with van der Waals surface area (Å²) in [6.07, 6.45) is 2.52. The summed E-state index contributed by atoms with van der Waals surface area (Å²) in [6.45, 7) is 0.682. The molecule has 1 aromatic heterocycles. The molecule has 3 amide bonds. The quantitative estimate of drug-likeness (QED) is 0.583. The number of methoxy groups -OCH3 is 1. The molecule has 11 nitrogen and oxygen atoms in total. The lowest BCUT2D eigenvalue weighted by Gasteiger charge is -2.33. The Balaban J connectivity index is 1.48. The van der Waals surface area contributed by atoms with E-state index < -0.39 is 18.1 Å². The fraction of sp³-hybridized carbons (Fsp3) is 0.409. The largest absolute Gasteiger partial charge is 0.467 e. The van der Waals surface area contributed by atoms with Crippen molar-refractivity contribution in [1.29, 1.82) is 0 Å². The van der Waals surface area contributed by atoms with Crippen LogP contribution in [0, 0.1) is 0 Å².